The van der Waals surface area contributed by atoms with Crippen LogP contribution in [0.15, 0.2) is 36.4 Å². The van der Waals surface area contributed by atoms with Crippen molar-refractivity contribution < 1.29 is 18.3 Å². The fraction of sp³-hybridized carbons (Fsp3) is 0.312. The number of benzene rings is 2. The van der Waals surface area contributed by atoms with E-state index in [4.69, 9.17) is 5.26 Å². The van der Waals surface area contributed by atoms with Crippen molar-refractivity contribution in [2.75, 3.05) is 11.9 Å². The predicted octanol–water partition coefficient (Wildman–Crippen LogP) is 3.46. The van der Waals surface area contributed by atoms with Crippen molar-refractivity contribution in [3.05, 3.63) is 42.0 Å². The van der Waals surface area contributed by atoms with Gasteiger partial charge in [0.2, 0.25) is 0 Å². The van der Waals surface area contributed by atoms with Crippen LogP contribution in [0.25, 0.3) is 10.8 Å². The molecule has 0 heterocycles. The van der Waals surface area contributed by atoms with Gasteiger partial charge in [0.25, 0.3) is 0 Å². The van der Waals surface area contributed by atoms with E-state index in [1.54, 1.807) is 36.4 Å². The molecule has 22 heavy (non-hydrogen) atoms. The van der Waals surface area contributed by atoms with E-state index in [0.29, 0.717) is 11.3 Å². The molecule has 0 aliphatic carbocycles. The predicted molar refractivity (Wildman–Crippen MR) is 78.6 cm³/mol. The largest absolute Gasteiger partial charge is 0.416 e. The van der Waals surface area contributed by atoms with Crippen LogP contribution in [0.2, 0.25) is 0 Å². The van der Waals surface area contributed by atoms with E-state index in [9.17, 15) is 18.3 Å². The van der Waals surface area contributed by atoms with Crippen molar-refractivity contribution in [3.63, 3.8) is 0 Å². The first-order valence-electron chi connectivity index (χ1n) is 6.66. The number of halogens is 3. The summed E-state index contributed by atoms with van der Waals surface area (Å²) < 4.78 is 37.8. The molecule has 0 aliphatic heterocycles. The molecule has 2 aromatic carbocycles. The van der Waals surface area contributed by atoms with Crippen LogP contribution in [-0.4, -0.2) is 30.5 Å². The summed E-state index contributed by atoms with van der Waals surface area (Å²) in [5.74, 6) is 0. The molecule has 0 saturated heterocycles. The molecule has 116 valence electrons. The van der Waals surface area contributed by atoms with E-state index >= 15 is 0 Å². The Kier molecular flexibility index (Phi) is 4.29. The third kappa shape index (κ3) is 3.00. The van der Waals surface area contributed by atoms with Crippen LogP contribution in [0.4, 0.5) is 18.9 Å². The maximum atomic E-state index is 12.6. The minimum Gasteiger partial charge on any atom is -0.382 e. The summed E-state index contributed by atoms with van der Waals surface area (Å²) in [7, 11) is 1.49. The van der Waals surface area contributed by atoms with Gasteiger partial charge in [-0.25, -0.2) is 0 Å². The average Bonchev–Trinajstić information content (AvgIpc) is 2.50. The summed E-state index contributed by atoms with van der Waals surface area (Å²) in [4.78, 5) is 1.37. The molecule has 2 atom stereocenters. The van der Waals surface area contributed by atoms with Crippen LogP contribution in [0.3, 0.4) is 0 Å². The summed E-state index contributed by atoms with van der Waals surface area (Å²) in [5, 5.41) is 19.9. The normalized spacial score (nSPS) is 14.4. The van der Waals surface area contributed by atoms with E-state index in [2.05, 4.69) is 6.07 Å². The van der Waals surface area contributed by atoms with Crippen LogP contribution in [0.1, 0.15) is 12.5 Å². The molecule has 0 amide bonds. The van der Waals surface area contributed by atoms with Crippen LogP contribution in [0.5, 0.6) is 0 Å². The third-order valence-electron chi connectivity index (χ3n) is 3.79. The van der Waals surface area contributed by atoms with Gasteiger partial charge in [-0.05, 0) is 35.9 Å². The number of aliphatic hydroxyl groups excluding tert-OH is 1. The molecule has 0 saturated carbocycles. The summed E-state index contributed by atoms with van der Waals surface area (Å²) in [5.41, 5.74) is 1.05. The number of likely N-dealkylation sites (N-methyl/N-ethyl adjacent to an activating group) is 1. The lowest BCUT2D eigenvalue weighted by molar-refractivity contribution is -0.208. The molecular weight excluding hydrogens is 293 g/mol. The molecule has 0 fully saturated rings. The molecule has 0 aliphatic rings. The highest BCUT2D eigenvalue weighted by Gasteiger charge is 2.43. The van der Waals surface area contributed by atoms with Gasteiger partial charge in [0.15, 0.2) is 6.10 Å². The lowest BCUT2D eigenvalue weighted by atomic mass is 10.0. The Labute approximate surface area is 126 Å². The zero-order chi connectivity index (χ0) is 16.5. The highest BCUT2D eigenvalue weighted by Crippen LogP contribution is 2.29. The topological polar surface area (TPSA) is 47.3 Å². The number of aliphatic hydroxyl groups is 1. The Hall–Kier alpha value is -2.26. The number of rotatable bonds is 3. The van der Waals surface area contributed by atoms with Crippen molar-refractivity contribution in [1.82, 2.24) is 0 Å². The van der Waals surface area contributed by atoms with Crippen molar-refractivity contribution in [2.45, 2.75) is 25.2 Å². The van der Waals surface area contributed by atoms with E-state index in [0.717, 1.165) is 10.8 Å². The maximum Gasteiger partial charge on any atom is 0.416 e. The molecule has 2 rings (SSSR count). The quantitative estimate of drug-likeness (QED) is 0.944. The molecule has 1 N–H and O–H groups in total. The minimum atomic E-state index is -4.67. The van der Waals surface area contributed by atoms with E-state index < -0.39 is 18.3 Å². The number of alkyl halides is 3. The molecular formula is C16H15F3N2O. The van der Waals surface area contributed by atoms with Crippen LogP contribution in [-0.2, 0) is 0 Å². The second-order valence-corrected chi connectivity index (χ2v) is 5.16. The van der Waals surface area contributed by atoms with Crippen molar-refractivity contribution in [1.29, 1.82) is 5.26 Å². The smallest absolute Gasteiger partial charge is 0.382 e. The van der Waals surface area contributed by atoms with Crippen LogP contribution < -0.4 is 4.90 Å². The van der Waals surface area contributed by atoms with Crippen molar-refractivity contribution in [2.24, 2.45) is 0 Å². The Morgan fingerprint density at radius 2 is 1.91 bits per heavy atom. The zero-order valence-corrected chi connectivity index (χ0v) is 12.1. The molecule has 0 spiro atoms. The molecule has 6 heteroatoms. The first kappa shape index (κ1) is 16.1. The van der Waals surface area contributed by atoms with E-state index in [1.807, 2.05) is 0 Å². The Morgan fingerprint density at radius 1 is 1.23 bits per heavy atom. The Morgan fingerprint density at radius 3 is 2.50 bits per heavy atom. The molecule has 0 radical (unpaired) electrons. The number of anilines is 1. The highest BCUT2D eigenvalue weighted by molar-refractivity contribution is 5.90. The van der Waals surface area contributed by atoms with Crippen LogP contribution in [0, 0.1) is 11.3 Å². The second-order valence-electron chi connectivity index (χ2n) is 5.16. The Bertz CT molecular complexity index is 721. The zero-order valence-electron chi connectivity index (χ0n) is 12.1. The van der Waals surface area contributed by atoms with E-state index in [1.165, 1.54) is 18.9 Å². The monoisotopic (exact) mass is 308 g/mol. The summed E-state index contributed by atoms with van der Waals surface area (Å²) >= 11 is 0. The van der Waals surface area contributed by atoms with Crippen LogP contribution >= 0.6 is 0 Å². The Balaban J connectivity index is 2.37. The average molecular weight is 308 g/mol. The third-order valence-corrected chi connectivity index (χ3v) is 3.79. The summed E-state index contributed by atoms with van der Waals surface area (Å²) in [6, 6.07) is 11.2. The number of nitrogens with zero attached hydrogens (tertiary/aromatic N) is 2. The van der Waals surface area contributed by atoms with E-state index in [-0.39, 0.29) is 0 Å². The SMILES string of the molecule is C[C@H]([C@@H](O)C(F)(F)F)N(C)c1ccc2c(C#N)cccc2c1. The van der Waals surface area contributed by atoms with Crippen molar-refractivity contribution >= 4 is 16.5 Å². The highest BCUT2D eigenvalue weighted by atomic mass is 19.4. The van der Waals surface area contributed by atoms with Gasteiger partial charge in [-0.1, -0.05) is 18.2 Å². The fourth-order valence-corrected chi connectivity index (χ4v) is 2.31. The van der Waals surface area contributed by atoms with Gasteiger partial charge in [-0.3, -0.25) is 0 Å². The van der Waals surface area contributed by atoms with Gasteiger partial charge in [-0.15, -0.1) is 0 Å². The first-order valence-corrected chi connectivity index (χ1v) is 6.66. The number of hydrogen-bond donors (Lipinski definition) is 1. The first-order chi connectivity index (χ1) is 10.3. The maximum absolute atomic E-state index is 12.6. The standard InChI is InChI=1S/C16H15F3N2O/c1-10(15(22)16(17,18)19)21(2)13-6-7-14-11(8-13)4-3-5-12(14)9-20/h3-8,10,15,22H,1-2H3/t10-,15-/m1/s1. The number of hydrogen-bond acceptors (Lipinski definition) is 3. The molecule has 0 aromatic heterocycles. The number of nitriles is 1. The molecule has 2 aromatic rings. The van der Waals surface area contributed by atoms with Gasteiger partial charge in [-0.2, -0.15) is 18.4 Å². The molecule has 0 bridgehead atoms. The number of fused-ring (bicyclic) bond motifs is 1. The molecule has 3 nitrogen and oxygen atoms in total. The van der Waals surface area contributed by atoms with Gasteiger partial charge >= 0.3 is 6.18 Å². The minimum absolute atomic E-state index is 0.509. The second kappa shape index (κ2) is 5.85. The van der Waals surface area contributed by atoms with Gasteiger partial charge in [0.05, 0.1) is 17.7 Å². The summed E-state index contributed by atoms with van der Waals surface area (Å²) in [6.45, 7) is 1.31. The fourth-order valence-electron chi connectivity index (χ4n) is 2.31. The van der Waals surface area contributed by atoms with Gasteiger partial charge in [0.1, 0.15) is 0 Å². The van der Waals surface area contributed by atoms with Gasteiger partial charge in [0, 0.05) is 12.7 Å². The van der Waals surface area contributed by atoms with Crippen molar-refractivity contribution in [3.8, 4) is 6.07 Å². The molecule has 0 unspecified atom stereocenters. The summed E-state index contributed by atoms with van der Waals surface area (Å²) in [6.07, 6.45) is -7.10. The van der Waals surface area contributed by atoms with Gasteiger partial charge < -0.3 is 10.0 Å². The lowest BCUT2D eigenvalue weighted by Gasteiger charge is -2.31. The lowest BCUT2D eigenvalue weighted by Crippen LogP contribution is -2.47.